The first kappa shape index (κ1) is 14.0. The van der Waals surface area contributed by atoms with Gasteiger partial charge in [-0.05, 0) is 24.6 Å². The summed E-state index contributed by atoms with van der Waals surface area (Å²) in [6, 6.07) is 8.62. The average molecular weight is 282 g/mol. The van der Waals surface area contributed by atoms with Crippen LogP contribution >= 0.6 is 0 Å². The van der Waals surface area contributed by atoms with E-state index in [-0.39, 0.29) is 0 Å². The predicted molar refractivity (Wildman–Crippen MR) is 87.4 cm³/mol. The smallest absolute Gasteiger partial charge is 0.141 e. The van der Waals surface area contributed by atoms with Crippen molar-refractivity contribution in [2.75, 3.05) is 18.0 Å². The fourth-order valence-electron chi connectivity index (χ4n) is 2.92. The molecule has 1 aliphatic rings. The fourth-order valence-corrected chi connectivity index (χ4v) is 2.92. The quantitative estimate of drug-likeness (QED) is 0.876. The van der Waals surface area contributed by atoms with Gasteiger partial charge in [-0.2, -0.15) is 0 Å². The Morgan fingerprint density at radius 3 is 2.86 bits per heavy atom. The summed E-state index contributed by atoms with van der Waals surface area (Å²) in [5, 5.41) is 1.12. The summed E-state index contributed by atoms with van der Waals surface area (Å²) in [5.41, 5.74) is 6.68. The summed E-state index contributed by atoms with van der Waals surface area (Å²) in [5.74, 6) is 2.42. The number of para-hydroxylation sites is 1. The number of benzene rings is 1. The maximum absolute atomic E-state index is 5.68. The van der Waals surface area contributed by atoms with Crippen LogP contribution in [0.2, 0.25) is 0 Å². The molecule has 3 rings (SSSR count). The highest BCUT2D eigenvalue weighted by molar-refractivity contribution is 5.90. The molecule has 0 unspecified atom stereocenters. The average Bonchev–Trinajstić information content (AvgIpc) is 2.96. The normalized spacial score (nSPS) is 18.1. The zero-order valence-electron chi connectivity index (χ0n) is 12.7. The van der Waals surface area contributed by atoms with E-state index in [0.717, 1.165) is 29.1 Å². The summed E-state index contributed by atoms with van der Waals surface area (Å²) in [4.78, 5) is 11.8. The largest absolute Gasteiger partial charge is 0.346 e. The number of nitrogens with two attached hydrogens (primary N) is 1. The first-order valence-electron chi connectivity index (χ1n) is 7.59. The van der Waals surface area contributed by atoms with Gasteiger partial charge < -0.3 is 10.6 Å². The third kappa shape index (κ3) is 2.63. The van der Waals surface area contributed by atoms with E-state index in [1.165, 1.54) is 0 Å². The fraction of sp³-hybridized carbons (Fsp3) is 0.412. The molecule has 1 aromatic heterocycles. The molecule has 2 aromatic rings. The molecule has 4 nitrogen and oxygen atoms in total. The van der Waals surface area contributed by atoms with Crippen molar-refractivity contribution in [1.29, 1.82) is 0 Å². The van der Waals surface area contributed by atoms with E-state index in [9.17, 15) is 0 Å². The minimum atomic E-state index is 0.397. The molecule has 0 spiro atoms. The van der Waals surface area contributed by atoms with E-state index in [0.29, 0.717) is 24.9 Å². The van der Waals surface area contributed by atoms with E-state index in [4.69, 9.17) is 10.7 Å². The van der Waals surface area contributed by atoms with E-state index >= 15 is 0 Å². The van der Waals surface area contributed by atoms with Crippen molar-refractivity contribution in [1.82, 2.24) is 9.97 Å². The number of nitrogens with zero attached hydrogens (tertiary/aromatic N) is 3. The minimum absolute atomic E-state index is 0.397. The maximum Gasteiger partial charge on any atom is 0.141 e. The summed E-state index contributed by atoms with van der Waals surface area (Å²) < 4.78 is 0. The second-order valence-corrected chi connectivity index (χ2v) is 5.83. The van der Waals surface area contributed by atoms with Crippen LogP contribution in [0.1, 0.15) is 19.7 Å². The van der Waals surface area contributed by atoms with Crippen molar-refractivity contribution < 1.29 is 0 Å². The van der Waals surface area contributed by atoms with Gasteiger partial charge >= 0.3 is 0 Å². The van der Waals surface area contributed by atoms with Gasteiger partial charge in [0.1, 0.15) is 11.6 Å². The molecule has 21 heavy (non-hydrogen) atoms. The standard InChI is InChI=1S/C17H22N4/c1-12(2)15-8-5-11-21(15)17-13-6-3-4-7-14(13)19-16(20-17)9-10-18/h3-8,12,15H,9-11,18H2,1-2H3/t15-/m0/s1. The Kier molecular flexibility index (Phi) is 3.88. The van der Waals surface area contributed by atoms with Gasteiger partial charge in [0.15, 0.2) is 0 Å². The Hall–Kier alpha value is -1.94. The van der Waals surface area contributed by atoms with Crippen LogP contribution < -0.4 is 10.6 Å². The second kappa shape index (κ2) is 5.82. The Morgan fingerprint density at radius 2 is 2.10 bits per heavy atom. The van der Waals surface area contributed by atoms with Crippen molar-refractivity contribution in [2.45, 2.75) is 26.3 Å². The summed E-state index contributed by atoms with van der Waals surface area (Å²) in [6.07, 6.45) is 5.22. The summed E-state index contributed by atoms with van der Waals surface area (Å²) in [7, 11) is 0. The number of rotatable bonds is 4. The lowest BCUT2D eigenvalue weighted by Gasteiger charge is -2.29. The van der Waals surface area contributed by atoms with Crippen LogP contribution in [0.5, 0.6) is 0 Å². The molecule has 2 N–H and O–H groups in total. The molecular formula is C17H22N4. The predicted octanol–water partition coefficient (Wildman–Crippen LogP) is 2.53. The molecule has 0 saturated heterocycles. The third-order valence-electron chi connectivity index (χ3n) is 3.95. The molecule has 0 bridgehead atoms. The topological polar surface area (TPSA) is 55.0 Å². The first-order chi connectivity index (χ1) is 10.2. The van der Waals surface area contributed by atoms with Gasteiger partial charge in [-0.15, -0.1) is 0 Å². The van der Waals surface area contributed by atoms with Gasteiger partial charge in [0.25, 0.3) is 0 Å². The van der Waals surface area contributed by atoms with Gasteiger partial charge in [-0.25, -0.2) is 9.97 Å². The van der Waals surface area contributed by atoms with Crippen molar-refractivity contribution in [3.05, 3.63) is 42.2 Å². The van der Waals surface area contributed by atoms with Crippen LogP contribution in [0.25, 0.3) is 10.9 Å². The van der Waals surface area contributed by atoms with Gasteiger partial charge in [0.2, 0.25) is 0 Å². The highest BCUT2D eigenvalue weighted by Gasteiger charge is 2.25. The molecule has 110 valence electrons. The van der Waals surface area contributed by atoms with E-state index in [1.807, 2.05) is 12.1 Å². The Balaban J connectivity index is 2.11. The van der Waals surface area contributed by atoms with Crippen molar-refractivity contribution in [3.63, 3.8) is 0 Å². The lowest BCUT2D eigenvalue weighted by molar-refractivity contribution is 0.548. The molecule has 0 aliphatic carbocycles. The van der Waals surface area contributed by atoms with Gasteiger partial charge in [0, 0.05) is 18.4 Å². The number of fused-ring (bicyclic) bond motifs is 1. The number of anilines is 1. The molecule has 2 heterocycles. The number of hydrogen-bond donors (Lipinski definition) is 1. The van der Waals surface area contributed by atoms with Gasteiger partial charge in [-0.3, -0.25) is 0 Å². The summed E-state index contributed by atoms with van der Waals surface area (Å²) >= 11 is 0. The molecule has 0 amide bonds. The number of hydrogen-bond acceptors (Lipinski definition) is 4. The maximum atomic E-state index is 5.68. The molecule has 0 saturated carbocycles. The van der Waals surface area contributed by atoms with Crippen LogP contribution in [0.15, 0.2) is 36.4 Å². The SMILES string of the molecule is CC(C)[C@@H]1C=CCN1c1nc(CCN)nc2ccccc12. The minimum Gasteiger partial charge on any atom is -0.346 e. The molecular weight excluding hydrogens is 260 g/mol. The van der Waals surface area contributed by atoms with Crippen molar-refractivity contribution in [2.24, 2.45) is 11.7 Å². The zero-order chi connectivity index (χ0) is 14.8. The van der Waals surface area contributed by atoms with Crippen LogP contribution in [-0.4, -0.2) is 29.1 Å². The van der Waals surface area contributed by atoms with Crippen LogP contribution in [-0.2, 0) is 6.42 Å². The van der Waals surface area contributed by atoms with Crippen molar-refractivity contribution >= 4 is 16.7 Å². The molecule has 0 radical (unpaired) electrons. The highest BCUT2D eigenvalue weighted by atomic mass is 15.2. The van der Waals surface area contributed by atoms with E-state index < -0.39 is 0 Å². The Bertz CT molecular complexity index is 663. The Morgan fingerprint density at radius 1 is 1.29 bits per heavy atom. The van der Waals surface area contributed by atoms with Gasteiger partial charge in [-0.1, -0.05) is 38.1 Å². The molecule has 4 heteroatoms. The molecule has 1 aromatic carbocycles. The lowest BCUT2D eigenvalue weighted by atomic mass is 10.0. The third-order valence-corrected chi connectivity index (χ3v) is 3.95. The van der Waals surface area contributed by atoms with Gasteiger partial charge in [0.05, 0.1) is 11.6 Å². The lowest BCUT2D eigenvalue weighted by Crippen LogP contribution is -2.35. The second-order valence-electron chi connectivity index (χ2n) is 5.83. The van der Waals surface area contributed by atoms with Crippen LogP contribution in [0.3, 0.4) is 0 Å². The highest BCUT2D eigenvalue weighted by Crippen LogP contribution is 2.30. The van der Waals surface area contributed by atoms with E-state index in [1.54, 1.807) is 0 Å². The Labute approximate surface area is 125 Å². The summed E-state index contributed by atoms with van der Waals surface area (Å²) in [6.45, 7) is 5.98. The molecule has 0 fully saturated rings. The number of aromatic nitrogens is 2. The van der Waals surface area contributed by atoms with Crippen LogP contribution in [0, 0.1) is 5.92 Å². The first-order valence-corrected chi connectivity index (χ1v) is 7.59. The monoisotopic (exact) mass is 282 g/mol. The molecule has 1 aliphatic heterocycles. The zero-order valence-corrected chi connectivity index (χ0v) is 12.7. The molecule has 1 atom stereocenters. The van der Waals surface area contributed by atoms with E-state index in [2.05, 4.69) is 48.0 Å². The van der Waals surface area contributed by atoms with Crippen molar-refractivity contribution in [3.8, 4) is 0 Å². The van der Waals surface area contributed by atoms with Crippen LogP contribution in [0.4, 0.5) is 5.82 Å².